The number of nitrogens with zero attached hydrogens (tertiary/aromatic N) is 2. The maximum Gasteiger partial charge on any atom is 0.197 e. The molecule has 0 atom stereocenters. The molecule has 0 spiro atoms. The van der Waals surface area contributed by atoms with Crippen molar-refractivity contribution in [2.75, 3.05) is 0 Å². The molecule has 2 aromatic heterocycles. The average Bonchev–Trinajstić information content (AvgIpc) is 2.69. The third-order valence-corrected chi connectivity index (χ3v) is 5.57. The Labute approximate surface area is 148 Å². The van der Waals surface area contributed by atoms with E-state index in [0.717, 1.165) is 40.0 Å². The van der Waals surface area contributed by atoms with Crippen LogP contribution in [0.2, 0.25) is 0 Å². The number of hydrogen-bond donors (Lipinski definition) is 0. The molecule has 4 aromatic rings. The van der Waals surface area contributed by atoms with Crippen molar-refractivity contribution in [2.24, 2.45) is 14.1 Å². The Hall–Kier alpha value is -3.14. The molecular formula is C22H18N2O2. The van der Waals surface area contributed by atoms with Crippen LogP contribution in [0.3, 0.4) is 0 Å². The largest absolute Gasteiger partial charge is 0.344 e. The minimum absolute atomic E-state index is 0.0105. The molecule has 0 saturated carbocycles. The van der Waals surface area contributed by atoms with Crippen LogP contribution in [0.1, 0.15) is 12.8 Å². The summed E-state index contributed by atoms with van der Waals surface area (Å²) in [7, 11) is 3.91. The lowest BCUT2D eigenvalue weighted by Crippen LogP contribution is -2.45. The molecule has 0 amide bonds. The molecule has 2 aromatic carbocycles. The summed E-state index contributed by atoms with van der Waals surface area (Å²) in [6.45, 7) is 0. The number of rotatable bonds is 0. The van der Waals surface area contributed by atoms with Crippen LogP contribution in [0.25, 0.3) is 44.9 Å². The molecule has 4 heteroatoms. The fourth-order valence-corrected chi connectivity index (χ4v) is 4.19. The van der Waals surface area contributed by atoms with Crippen LogP contribution >= 0.6 is 0 Å². The molecule has 4 nitrogen and oxygen atoms in total. The summed E-state index contributed by atoms with van der Waals surface area (Å²) < 4.78 is 4.04. The molecule has 0 N–H and O–H groups in total. The molecule has 0 saturated heterocycles. The molecule has 5 rings (SSSR count). The molecule has 2 heterocycles. The summed E-state index contributed by atoms with van der Waals surface area (Å²) in [5.74, 6) is 0. The highest BCUT2D eigenvalue weighted by molar-refractivity contribution is 6.00. The highest BCUT2D eigenvalue weighted by Gasteiger charge is 2.13. The summed E-state index contributed by atoms with van der Waals surface area (Å²) in [4.78, 5) is 26.1. The SMILES string of the molecule is Cn1c2c(c(=O)c3cc4c(cc31)c(=O)c1ccccc1n4C)=CCCC=2. The lowest BCUT2D eigenvalue weighted by atomic mass is 10.0. The van der Waals surface area contributed by atoms with Gasteiger partial charge >= 0.3 is 0 Å². The first kappa shape index (κ1) is 15.1. The molecule has 26 heavy (non-hydrogen) atoms. The van der Waals surface area contributed by atoms with E-state index in [-0.39, 0.29) is 10.9 Å². The van der Waals surface area contributed by atoms with Crippen LogP contribution < -0.4 is 21.4 Å². The first-order valence-corrected chi connectivity index (χ1v) is 8.82. The standard InChI is InChI=1S/C22H18N2O2/c1-23-17-9-5-3-7-13(17)21(25)15-12-20-16(11-19(15)23)22(26)14-8-4-6-10-18(14)24(20)2/h3,5,7-12H,4,6H2,1-2H3. The Balaban J connectivity index is 2.12. The molecule has 1 aliphatic carbocycles. The molecule has 0 bridgehead atoms. The average molecular weight is 342 g/mol. The Morgan fingerprint density at radius 2 is 1.38 bits per heavy atom. The predicted molar refractivity (Wildman–Crippen MR) is 107 cm³/mol. The number of para-hydroxylation sites is 1. The van der Waals surface area contributed by atoms with Gasteiger partial charge in [-0.25, -0.2) is 0 Å². The first-order valence-electron chi connectivity index (χ1n) is 8.82. The zero-order valence-electron chi connectivity index (χ0n) is 14.7. The smallest absolute Gasteiger partial charge is 0.197 e. The van der Waals surface area contributed by atoms with Crippen LogP contribution in [0, 0.1) is 0 Å². The highest BCUT2D eigenvalue weighted by atomic mass is 16.1. The van der Waals surface area contributed by atoms with Gasteiger partial charge in [-0.05, 0) is 37.1 Å². The van der Waals surface area contributed by atoms with Crippen molar-refractivity contribution in [3.8, 4) is 0 Å². The zero-order valence-corrected chi connectivity index (χ0v) is 14.7. The minimum Gasteiger partial charge on any atom is -0.344 e. The normalized spacial score (nSPS) is 13.6. The molecule has 0 aliphatic heterocycles. The topological polar surface area (TPSA) is 44.0 Å². The number of fused-ring (bicyclic) bond motifs is 4. The Bertz CT molecular complexity index is 1490. The van der Waals surface area contributed by atoms with Gasteiger partial charge in [0.05, 0.1) is 16.6 Å². The Morgan fingerprint density at radius 3 is 2.19 bits per heavy atom. The van der Waals surface area contributed by atoms with E-state index in [2.05, 4.69) is 6.08 Å². The summed E-state index contributed by atoms with van der Waals surface area (Å²) in [6, 6.07) is 11.4. The third kappa shape index (κ3) is 1.84. The summed E-state index contributed by atoms with van der Waals surface area (Å²) >= 11 is 0. The van der Waals surface area contributed by atoms with Crippen molar-refractivity contribution in [3.63, 3.8) is 0 Å². The van der Waals surface area contributed by atoms with Gasteiger partial charge in [0.1, 0.15) is 0 Å². The number of hydrogen-bond acceptors (Lipinski definition) is 2. The van der Waals surface area contributed by atoms with Crippen molar-refractivity contribution >= 4 is 44.9 Å². The number of pyridine rings is 2. The van der Waals surface area contributed by atoms with Crippen LogP contribution in [0.4, 0.5) is 0 Å². The van der Waals surface area contributed by atoms with Crippen LogP contribution in [0.5, 0.6) is 0 Å². The third-order valence-electron chi connectivity index (χ3n) is 5.57. The van der Waals surface area contributed by atoms with Gasteiger partial charge in [-0.3, -0.25) is 9.59 Å². The molecule has 0 fully saturated rings. The second-order valence-electron chi connectivity index (χ2n) is 6.96. The quantitative estimate of drug-likeness (QED) is 0.458. The van der Waals surface area contributed by atoms with Crippen molar-refractivity contribution in [1.29, 1.82) is 0 Å². The number of benzene rings is 2. The molecule has 128 valence electrons. The van der Waals surface area contributed by atoms with Crippen LogP contribution in [-0.4, -0.2) is 9.13 Å². The minimum atomic E-state index is 0.0105. The Kier molecular flexibility index (Phi) is 3.02. The second kappa shape index (κ2) is 5.18. The lowest BCUT2D eigenvalue weighted by Gasteiger charge is -2.14. The summed E-state index contributed by atoms with van der Waals surface area (Å²) in [5, 5.41) is 3.73. The van der Waals surface area contributed by atoms with E-state index in [1.165, 1.54) is 0 Å². The molecule has 1 aliphatic rings. The second-order valence-corrected chi connectivity index (χ2v) is 6.96. The van der Waals surface area contributed by atoms with Gasteiger partial charge in [-0.2, -0.15) is 0 Å². The molecule has 0 unspecified atom stereocenters. The fourth-order valence-electron chi connectivity index (χ4n) is 4.19. The molecule has 0 radical (unpaired) electrons. The van der Waals surface area contributed by atoms with Crippen LogP contribution in [-0.2, 0) is 14.1 Å². The van der Waals surface area contributed by atoms with Gasteiger partial charge in [0.25, 0.3) is 0 Å². The maximum atomic E-state index is 13.1. The van der Waals surface area contributed by atoms with Gasteiger partial charge in [0.2, 0.25) is 0 Å². The predicted octanol–water partition coefficient (Wildman–Crippen LogP) is 1.90. The summed E-state index contributed by atoms with van der Waals surface area (Å²) in [6.07, 6.45) is 5.97. The van der Waals surface area contributed by atoms with Crippen molar-refractivity contribution in [3.05, 3.63) is 67.4 Å². The van der Waals surface area contributed by atoms with E-state index >= 15 is 0 Å². The van der Waals surface area contributed by atoms with E-state index in [0.29, 0.717) is 16.2 Å². The van der Waals surface area contributed by atoms with Crippen molar-refractivity contribution in [1.82, 2.24) is 9.13 Å². The Morgan fingerprint density at radius 1 is 0.731 bits per heavy atom. The van der Waals surface area contributed by atoms with Gasteiger partial charge in [0, 0.05) is 40.8 Å². The number of aryl methyl sites for hydroxylation is 2. The maximum absolute atomic E-state index is 13.1. The fraction of sp³-hybridized carbons (Fsp3) is 0.182. The van der Waals surface area contributed by atoms with E-state index in [9.17, 15) is 9.59 Å². The van der Waals surface area contributed by atoms with Crippen LogP contribution in [0.15, 0.2) is 46.0 Å². The monoisotopic (exact) mass is 342 g/mol. The number of aromatic nitrogens is 2. The zero-order chi connectivity index (χ0) is 18.0. The van der Waals surface area contributed by atoms with E-state index in [1.54, 1.807) is 0 Å². The van der Waals surface area contributed by atoms with Crippen molar-refractivity contribution in [2.45, 2.75) is 12.8 Å². The van der Waals surface area contributed by atoms with Gasteiger partial charge < -0.3 is 9.13 Å². The van der Waals surface area contributed by atoms with Gasteiger partial charge in [-0.15, -0.1) is 0 Å². The highest BCUT2D eigenvalue weighted by Crippen LogP contribution is 2.21. The van der Waals surface area contributed by atoms with Gasteiger partial charge in [0.15, 0.2) is 10.9 Å². The lowest BCUT2D eigenvalue weighted by molar-refractivity contribution is 0.883. The van der Waals surface area contributed by atoms with Gasteiger partial charge in [-0.1, -0.05) is 24.3 Å². The first-order chi connectivity index (χ1) is 12.6. The van der Waals surface area contributed by atoms with Crippen molar-refractivity contribution < 1.29 is 0 Å². The van der Waals surface area contributed by atoms with E-state index in [4.69, 9.17) is 0 Å². The molecular weight excluding hydrogens is 324 g/mol. The summed E-state index contributed by atoms with van der Waals surface area (Å²) in [5.41, 5.74) is 2.53. The van der Waals surface area contributed by atoms with E-state index in [1.807, 2.05) is 65.7 Å². The van der Waals surface area contributed by atoms with E-state index < -0.39 is 0 Å².